The Balaban J connectivity index is 1.54. The number of β-amino-alcohol motifs (C(OH)–C–C–N with tert-alkyl or cyclic N) is 1. The summed E-state index contributed by atoms with van der Waals surface area (Å²) in [5.74, 6) is 2.05. The second kappa shape index (κ2) is 7.70. The summed E-state index contributed by atoms with van der Waals surface area (Å²) in [4.78, 5) is 18.5. The summed E-state index contributed by atoms with van der Waals surface area (Å²) in [6, 6.07) is 9.39. The number of ether oxygens (including phenoxy) is 1. The molecule has 1 aromatic carbocycles. The Kier molecular flexibility index (Phi) is 5.38. The van der Waals surface area contributed by atoms with Gasteiger partial charge in [0.05, 0.1) is 13.1 Å². The molecule has 0 unspecified atom stereocenters. The van der Waals surface area contributed by atoms with E-state index >= 15 is 0 Å². The van der Waals surface area contributed by atoms with Gasteiger partial charge in [-0.15, -0.1) is 0 Å². The van der Waals surface area contributed by atoms with Crippen LogP contribution in [0.3, 0.4) is 0 Å². The quantitative estimate of drug-likeness (QED) is 0.872. The van der Waals surface area contributed by atoms with E-state index in [-0.39, 0.29) is 12.0 Å². The summed E-state index contributed by atoms with van der Waals surface area (Å²) in [6.07, 6.45) is 3.02. The number of para-hydroxylation sites is 1. The molecule has 3 rings (SSSR count). The number of carbonyl (C=O) groups excluding carboxylic acids is 1. The maximum Gasteiger partial charge on any atom is 0.224 e. The number of aliphatic hydroxyl groups excluding tert-OH is 1. The van der Waals surface area contributed by atoms with Crippen LogP contribution >= 0.6 is 0 Å². The Hall–Kier alpha value is -2.34. The number of carbonyl (C=O) groups is 1. The lowest BCUT2D eigenvalue weighted by Crippen LogP contribution is -2.31. The molecule has 2 heterocycles. The number of rotatable bonds is 6. The molecule has 25 heavy (non-hydrogen) atoms. The number of nitrogens with zero attached hydrogens (tertiary/aromatic N) is 3. The van der Waals surface area contributed by atoms with Crippen molar-refractivity contribution >= 4 is 5.91 Å². The predicted molar refractivity (Wildman–Crippen MR) is 94.4 cm³/mol. The molecule has 0 radical (unpaired) electrons. The molecular formula is C19H25N3O3. The number of benzene rings is 1. The van der Waals surface area contributed by atoms with Gasteiger partial charge >= 0.3 is 0 Å². The van der Waals surface area contributed by atoms with Gasteiger partial charge in [-0.2, -0.15) is 0 Å². The number of likely N-dealkylation sites (tertiary alicyclic amines) is 1. The van der Waals surface area contributed by atoms with E-state index in [1.807, 2.05) is 41.1 Å². The van der Waals surface area contributed by atoms with Gasteiger partial charge in [-0.3, -0.25) is 4.79 Å². The minimum atomic E-state index is -0.663. The van der Waals surface area contributed by atoms with Gasteiger partial charge < -0.3 is 19.3 Å². The van der Waals surface area contributed by atoms with Crippen LogP contribution in [-0.2, 0) is 11.3 Å². The number of amides is 1. The first-order valence-electron chi connectivity index (χ1n) is 8.73. The lowest BCUT2D eigenvalue weighted by molar-refractivity contribution is -0.130. The lowest BCUT2D eigenvalue weighted by atomic mass is 10.2. The standard InChI is InChI=1S/C19H25N3O3/c1-14(2)19-20-9-11-21(19)10-8-18(24)22-12-16(23)17(13-22)25-15-6-4-3-5-7-15/h3-7,9,11,14,16-17,23H,8,10,12-13H2,1-2H3/t16-,17-/m1/s1. The van der Waals surface area contributed by atoms with Crippen LogP contribution in [0.1, 0.15) is 32.0 Å². The molecule has 6 heteroatoms. The van der Waals surface area contributed by atoms with Crippen LogP contribution in [0, 0.1) is 0 Å². The SMILES string of the molecule is CC(C)c1nccn1CCC(=O)N1C[C@@H](O)[C@H](Oc2ccccc2)C1. The first-order chi connectivity index (χ1) is 12.0. The van der Waals surface area contributed by atoms with Gasteiger partial charge in [0.15, 0.2) is 0 Å². The molecule has 1 N–H and O–H groups in total. The molecule has 2 aromatic rings. The van der Waals surface area contributed by atoms with E-state index in [2.05, 4.69) is 18.8 Å². The van der Waals surface area contributed by atoms with E-state index in [1.165, 1.54) is 0 Å². The number of aromatic nitrogens is 2. The van der Waals surface area contributed by atoms with Crippen LogP contribution < -0.4 is 4.74 Å². The molecule has 0 saturated carbocycles. The van der Waals surface area contributed by atoms with Crippen molar-refractivity contribution < 1.29 is 14.6 Å². The second-order valence-corrected chi connectivity index (χ2v) is 6.72. The van der Waals surface area contributed by atoms with Crippen molar-refractivity contribution in [3.8, 4) is 5.75 Å². The average Bonchev–Trinajstić information content (AvgIpc) is 3.21. The van der Waals surface area contributed by atoms with Crippen molar-refractivity contribution in [2.75, 3.05) is 13.1 Å². The third kappa shape index (κ3) is 4.20. The molecule has 1 amide bonds. The van der Waals surface area contributed by atoms with Crippen LogP contribution in [-0.4, -0.2) is 50.8 Å². The zero-order chi connectivity index (χ0) is 17.8. The Labute approximate surface area is 148 Å². The molecule has 1 aliphatic rings. The fraction of sp³-hybridized carbons (Fsp3) is 0.474. The number of hydrogen-bond acceptors (Lipinski definition) is 4. The van der Waals surface area contributed by atoms with E-state index < -0.39 is 6.10 Å². The highest BCUT2D eigenvalue weighted by molar-refractivity contribution is 5.76. The molecule has 0 aliphatic carbocycles. The zero-order valence-corrected chi connectivity index (χ0v) is 14.7. The highest BCUT2D eigenvalue weighted by Crippen LogP contribution is 2.19. The maximum atomic E-state index is 12.5. The van der Waals surface area contributed by atoms with Crippen molar-refractivity contribution in [2.45, 2.75) is 44.9 Å². The van der Waals surface area contributed by atoms with E-state index in [0.717, 1.165) is 5.82 Å². The largest absolute Gasteiger partial charge is 0.486 e. The first kappa shape index (κ1) is 17.5. The minimum Gasteiger partial charge on any atom is -0.486 e. The van der Waals surface area contributed by atoms with Crippen LogP contribution in [0.15, 0.2) is 42.7 Å². The maximum absolute atomic E-state index is 12.5. The Morgan fingerprint density at radius 3 is 2.80 bits per heavy atom. The van der Waals surface area contributed by atoms with E-state index in [4.69, 9.17) is 4.74 Å². The molecule has 1 aromatic heterocycles. The van der Waals surface area contributed by atoms with Gasteiger partial charge in [-0.05, 0) is 12.1 Å². The van der Waals surface area contributed by atoms with E-state index in [0.29, 0.717) is 37.7 Å². The Morgan fingerprint density at radius 1 is 1.32 bits per heavy atom. The average molecular weight is 343 g/mol. The van der Waals surface area contributed by atoms with Crippen LogP contribution in [0.25, 0.3) is 0 Å². The molecule has 1 aliphatic heterocycles. The van der Waals surface area contributed by atoms with Gasteiger partial charge in [0, 0.05) is 31.3 Å². The Bertz CT molecular complexity index is 699. The van der Waals surface area contributed by atoms with Crippen molar-refractivity contribution in [3.05, 3.63) is 48.5 Å². The van der Waals surface area contributed by atoms with E-state index in [1.54, 1.807) is 11.1 Å². The number of imidazole rings is 1. The number of aryl methyl sites for hydroxylation is 1. The molecule has 0 spiro atoms. The van der Waals surface area contributed by atoms with Gasteiger partial charge in [-0.25, -0.2) is 4.98 Å². The third-order valence-corrected chi connectivity index (χ3v) is 4.45. The normalized spacial score (nSPS) is 20.2. The minimum absolute atomic E-state index is 0.0293. The highest BCUT2D eigenvalue weighted by atomic mass is 16.5. The summed E-state index contributed by atoms with van der Waals surface area (Å²) >= 11 is 0. The van der Waals surface area contributed by atoms with Gasteiger partial charge in [0.25, 0.3) is 0 Å². The Morgan fingerprint density at radius 2 is 2.08 bits per heavy atom. The molecule has 2 atom stereocenters. The van der Waals surface area contributed by atoms with Gasteiger partial charge in [0.1, 0.15) is 23.8 Å². The zero-order valence-electron chi connectivity index (χ0n) is 14.7. The fourth-order valence-corrected chi connectivity index (χ4v) is 3.13. The fourth-order valence-electron chi connectivity index (χ4n) is 3.13. The highest BCUT2D eigenvalue weighted by Gasteiger charge is 2.35. The molecule has 134 valence electrons. The molecule has 1 saturated heterocycles. The monoisotopic (exact) mass is 343 g/mol. The second-order valence-electron chi connectivity index (χ2n) is 6.72. The molecule has 6 nitrogen and oxygen atoms in total. The third-order valence-electron chi connectivity index (χ3n) is 4.45. The topological polar surface area (TPSA) is 67.6 Å². The molecule has 0 bridgehead atoms. The summed E-state index contributed by atoms with van der Waals surface area (Å²) < 4.78 is 7.83. The van der Waals surface area contributed by atoms with Crippen LogP contribution in [0.2, 0.25) is 0 Å². The van der Waals surface area contributed by atoms with E-state index in [9.17, 15) is 9.90 Å². The summed E-state index contributed by atoms with van der Waals surface area (Å²) in [5.41, 5.74) is 0. The number of aliphatic hydroxyl groups is 1. The van der Waals surface area contributed by atoms with Gasteiger partial charge in [-0.1, -0.05) is 32.0 Å². The van der Waals surface area contributed by atoms with Crippen molar-refractivity contribution in [2.24, 2.45) is 0 Å². The summed E-state index contributed by atoms with van der Waals surface area (Å²) in [6.45, 7) is 5.50. The smallest absolute Gasteiger partial charge is 0.224 e. The summed E-state index contributed by atoms with van der Waals surface area (Å²) in [5, 5.41) is 10.2. The molecule has 1 fully saturated rings. The lowest BCUT2D eigenvalue weighted by Gasteiger charge is -2.18. The predicted octanol–water partition coefficient (Wildman–Crippen LogP) is 2.05. The molecular weight excluding hydrogens is 318 g/mol. The van der Waals surface area contributed by atoms with Crippen LogP contribution in [0.4, 0.5) is 0 Å². The first-order valence-corrected chi connectivity index (χ1v) is 8.73. The van der Waals surface area contributed by atoms with Crippen LogP contribution in [0.5, 0.6) is 5.75 Å². The van der Waals surface area contributed by atoms with Gasteiger partial charge in [0.2, 0.25) is 5.91 Å². The number of hydrogen-bond donors (Lipinski definition) is 1. The summed E-state index contributed by atoms with van der Waals surface area (Å²) in [7, 11) is 0. The van der Waals surface area contributed by atoms with Crippen molar-refractivity contribution in [3.63, 3.8) is 0 Å². The van der Waals surface area contributed by atoms with Crippen molar-refractivity contribution in [1.29, 1.82) is 0 Å². The van der Waals surface area contributed by atoms with Crippen molar-refractivity contribution in [1.82, 2.24) is 14.5 Å².